The normalized spacial score (nSPS) is 10.0. The zero-order valence-corrected chi connectivity index (χ0v) is 13.9. The molecule has 0 unspecified atom stereocenters. The molecule has 2 aromatic rings. The zero-order chi connectivity index (χ0) is 18.2. The van der Waals surface area contributed by atoms with Gasteiger partial charge in [0.2, 0.25) is 0 Å². The largest absolute Gasteiger partial charge is 0.497 e. The average molecular weight is 345 g/mol. The highest BCUT2D eigenvalue weighted by Gasteiger charge is 2.13. The standard InChI is InChI=1S/C18H19NO6/c1-23-14-7-8-16(24-2)15(9-14)19-17(21)11-25-18(22)13-5-3-12(10-20)4-6-13/h3-9,20H,10-11H2,1-2H3,(H,19,21). The van der Waals surface area contributed by atoms with Crippen LogP contribution in [-0.4, -0.2) is 37.8 Å². The number of hydrogen-bond acceptors (Lipinski definition) is 6. The number of carbonyl (C=O) groups excluding carboxylic acids is 2. The highest BCUT2D eigenvalue weighted by atomic mass is 16.5. The summed E-state index contributed by atoms with van der Waals surface area (Å²) in [4.78, 5) is 23.9. The third-order valence-electron chi connectivity index (χ3n) is 3.39. The van der Waals surface area contributed by atoms with Crippen molar-refractivity contribution in [3.8, 4) is 11.5 Å². The number of hydrogen-bond donors (Lipinski definition) is 2. The molecule has 7 heteroatoms. The van der Waals surface area contributed by atoms with E-state index in [4.69, 9.17) is 19.3 Å². The summed E-state index contributed by atoms with van der Waals surface area (Å²) in [7, 11) is 2.99. The van der Waals surface area contributed by atoms with Gasteiger partial charge < -0.3 is 24.6 Å². The Hall–Kier alpha value is -3.06. The minimum atomic E-state index is -0.628. The van der Waals surface area contributed by atoms with E-state index in [9.17, 15) is 9.59 Å². The Kier molecular flexibility index (Phi) is 6.36. The van der Waals surface area contributed by atoms with Gasteiger partial charge in [-0.15, -0.1) is 0 Å². The quantitative estimate of drug-likeness (QED) is 0.746. The lowest BCUT2D eigenvalue weighted by Gasteiger charge is -2.12. The third kappa shape index (κ3) is 4.95. The topological polar surface area (TPSA) is 94.1 Å². The summed E-state index contributed by atoms with van der Waals surface area (Å²) in [6.45, 7) is -0.555. The summed E-state index contributed by atoms with van der Waals surface area (Å²) in [6.07, 6.45) is 0. The van der Waals surface area contributed by atoms with E-state index in [0.29, 0.717) is 28.3 Å². The van der Waals surface area contributed by atoms with E-state index in [2.05, 4.69) is 5.32 Å². The van der Waals surface area contributed by atoms with Crippen LogP contribution in [0.5, 0.6) is 11.5 Å². The minimum absolute atomic E-state index is 0.111. The maximum absolute atomic E-state index is 12.0. The summed E-state index contributed by atoms with van der Waals surface area (Å²) in [5.74, 6) is -0.124. The Bertz CT molecular complexity index is 742. The molecule has 1 amide bonds. The van der Waals surface area contributed by atoms with Crippen LogP contribution in [-0.2, 0) is 16.1 Å². The van der Waals surface area contributed by atoms with E-state index in [0.717, 1.165) is 0 Å². The number of esters is 1. The Labute approximate surface area is 145 Å². The van der Waals surface area contributed by atoms with Crippen LogP contribution in [0.1, 0.15) is 15.9 Å². The molecule has 132 valence electrons. The van der Waals surface area contributed by atoms with Crippen molar-refractivity contribution in [2.75, 3.05) is 26.1 Å². The van der Waals surface area contributed by atoms with E-state index < -0.39 is 18.5 Å². The molecule has 0 radical (unpaired) electrons. The first-order chi connectivity index (χ1) is 12.1. The van der Waals surface area contributed by atoms with Gasteiger partial charge in [-0.25, -0.2) is 4.79 Å². The second kappa shape index (κ2) is 8.70. The molecule has 2 rings (SSSR count). The molecule has 0 aromatic heterocycles. The number of anilines is 1. The molecule has 0 fully saturated rings. The van der Waals surface area contributed by atoms with Gasteiger partial charge in [0.15, 0.2) is 6.61 Å². The molecule has 7 nitrogen and oxygen atoms in total. The van der Waals surface area contributed by atoms with Crippen LogP contribution in [0.3, 0.4) is 0 Å². The van der Waals surface area contributed by atoms with Crippen molar-refractivity contribution in [2.24, 2.45) is 0 Å². The molecule has 0 atom stereocenters. The number of amides is 1. The van der Waals surface area contributed by atoms with Crippen LogP contribution in [0.15, 0.2) is 42.5 Å². The lowest BCUT2D eigenvalue weighted by atomic mass is 10.1. The molecule has 0 spiro atoms. The van der Waals surface area contributed by atoms with E-state index >= 15 is 0 Å². The fourth-order valence-electron chi connectivity index (χ4n) is 2.06. The molecule has 0 heterocycles. The van der Waals surface area contributed by atoms with Crippen LogP contribution in [0.25, 0.3) is 0 Å². The monoisotopic (exact) mass is 345 g/mol. The minimum Gasteiger partial charge on any atom is -0.497 e. The van der Waals surface area contributed by atoms with Crippen LogP contribution >= 0.6 is 0 Å². The van der Waals surface area contributed by atoms with E-state index in [1.54, 1.807) is 30.3 Å². The number of nitrogens with one attached hydrogen (secondary N) is 1. The van der Waals surface area contributed by atoms with Crippen molar-refractivity contribution < 1.29 is 28.9 Å². The van der Waals surface area contributed by atoms with Gasteiger partial charge >= 0.3 is 5.97 Å². The second-order valence-electron chi connectivity index (χ2n) is 5.05. The highest BCUT2D eigenvalue weighted by molar-refractivity contribution is 5.96. The summed E-state index contributed by atoms with van der Waals surface area (Å²) < 4.78 is 15.2. The van der Waals surface area contributed by atoms with Crippen LogP contribution in [0.2, 0.25) is 0 Å². The van der Waals surface area contributed by atoms with Gasteiger partial charge in [-0.05, 0) is 29.8 Å². The number of ether oxygens (including phenoxy) is 3. The van der Waals surface area contributed by atoms with Gasteiger partial charge in [-0.2, -0.15) is 0 Å². The van der Waals surface area contributed by atoms with Crippen molar-refractivity contribution in [1.29, 1.82) is 0 Å². The summed E-state index contributed by atoms with van der Waals surface area (Å²) in [5.41, 5.74) is 1.39. The second-order valence-corrected chi connectivity index (χ2v) is 5.05. The Morgan fingerprint density at radius 1 is 1.04 bits per heavy atom. The van der Waals surface area contributed by atoms with Crippen molar-refractivity contribution in [2.45, 2.75) is 6.61 Å². The number of methoxy groups -OCH3 is 2. The summed E-state index contributed by atoms with van der Waals surface area (Å²) >= 11 is 0. The Morgan fingerprint density at radius 2 is 1.76 bits per heavy atom. The third-order valence-corrected chi connectivity index (χ3v) is 3.39. The van der Waals surface area contributed by atoms with E-state index in [1.807, 2.05) is 0 Å². The highest BCUT2D eigenvalue weighted by Crippen LogP contribution is 2.28. The molecular formula is C18H19NO6. The van der Waals surface area contributed by atoms with Crippen molar-refractivity contribution >= 4 is 17.6 Å². The van der Waals surface area contributed by atoms with Gasteiger partial charge in [-0.3, -0.25) is 4.79 Å². The first-order valence-corrected chi connectivity index (χ1v) is 7.46. The zero-order valence-electron chi connectivity index (χ0n) is 13.9. The Morgan fingerprint density at radius 3 is 2.36 bits per heavy atom. The fourth-order valence-corrected chi connectivity index (χ4v) is 2.06. The van der Waals surface area contributed by atoms with Gasteiger partial charge in [-0.1, -0.05) is 12.1 Å². The SMILES string of the molecule is COc1ccc(OC)c(NC(=O)COC(=O)c2ccc(CO)cc2)c1. The molecule has 0 bridgehead atoms. The smallest absolute Gasteiger partial charge is 0.338 e. The van der Waals surface area contributed by atoms with Gasteiger partial charge in [0.05, 0.1) is 32.1 Å². The maximum atomic E-state index is 12.0. The number of aliphatic hydroxyl groups excluding tert-OH is 1. The molecular weight excluding hydrogens is 326 g/mol. The van der Waals surface area contributed by atoms with E-state index in [1.165, 1.54) is 26.4 Å². The van der Waals surface area contributed by atoms with Crippen molar-refractivity contribution in [1.82, 2.24) is 0 Å². The van der Waals surface area contributed by atoms with E-state index in [-0.39, 0.29) is 6.61 Å². The summed E-state index contributed by atoms with van der Waals surface area (Å²) in [6, 6.07) is 11.2. The molecule has 0 aliphatic carbocycles. The first kappa shape index (κ1) is 18.3. The molecule has 2 N–H and O–H groups in total. The number of carbonyl (C=O) groups is 2. The van der Waals surface area contributed by atoms with Crippen molar-refractivity contribution in [3.63, 3.8) is 0 Å². The maximum Gasteiger partial charge on any atom is 0.338 e. The number of rotatable bonds is 7. The predicted molar refractivity (Wildman–Crippen MR) is 90.8 cm³/mol. The first-order valence-electron chi connectivity index (χ1n) is 7.46. The molecule has 0 aliphatic rings. The molecule has 0 aliphatic heterocycles. The predicted octanol–water partition coefficient (Wildman–Crippen LogP) is 1.99. The number of aliphatic hydroxyl groups is 1. The molecule has 0 saturated heterocycles. The lowest BCUT2D eigenvalue weighted by molar-refractivity contribution is -0.119. The molecule has 25 heavy (non-hydrogen) atoms. The van der Waals surface area contributed by atoms with Crippen LogP contribution in [0.4, 0.5) is 5.69 Å². The van der Waals surface area contributed by atoms with Gasteiger partial charge in [0, 0.05) is 6.07 Å². The number of benzene rings is 2. The fraction of sp³-hybridized carbons (Fsp3) is 0.222. The molecule has 2 aromatic carbocycles. The van der Waals surface area contributed by atoms with Crippen molar-refractivity contribution in [3.05, 3.63) is 53.6 Å². The lowest BCUT2D eigenvalue weighted by Crippen LogP contribution is -2.21. The average Bonchev–Trinajstić information content (AvgIpc) is 2.66. The van der Waals surface area contributed by atoms with Gasteiger partial charge in [0.1, 0.15) is 11.5 Å². The Balaban J connectivity index is 1.95. The van der Waals surface area contributed by atoms with Crippen LogP contribution in [0, 0.1) is 0 Å². The molecule has 0 saturated carbocycles. The van der Waals surface area contributed by atoms with Crippen LogP contribution < -0.4 is 14.8 Å². The van der Waals surface area contributed by atoms with Gasteiger partial charge in [0.25, 0.3) is 5.91 Å². The summed E-state index contributed by atoms with van der Waals surface area (Å²) in [5, 5.41) is 11.6.